The minimum Gasteiger partial charge on any atom is -0.0730 e. The molecule has 0 aromatic rings. The molecule has 0 aromatic heterocycles. The van der Waals surface area contributed by atoms with E-state index in [-0.39, 0.29) is 0 Å². The second-order valence-electron chi connectivity index (χ2n) is 2.91. The molecule has 0 amide bonds. The van der Waals surface area contributed by atoms with Gasteiger partial charge in [0.2, 0.25) is 0 Å². The summed E-state index contributed by atoms with van der Waals surface area (Å²) in [5, 5.41) is 0. The fourth-order valence-corrected chi connectivity index (χ4v) is 1.00. The molecule has 0 aromatic carbocycles. The van der Waals surface area contributed by atoms with Crippen molar-refractivity contribution in [1.29, 1.82) is 0 Å². The fourth-order valence-electron chi connectivity index (χ4n) is 1.00. The van der Waals surface area contributed by atoms with Crippen molar-refractivity contribution in [2.45, 2.75) is 26.7 Å². The van der Waals surface area contributed by atoms with Gasteiger partial charge in [-0.1, -0.05) is 35.5 Å². The monoisotopic (exact) mass is 134 g/mol. The minimum atomic E-state index is 1.21. The third-order valence-electron chi connectivity index (χ3n) is 1.79. The molecule has 0 unspecified atom stereocenters. The first-order valence-electron chi connectivity index (χ1n) is 3.78. The van der Waals surface area contributed by atoms with Crippen molar-refractivity contribution in [3.05, 3.63) is 35.5 Å². The van der Waals surface area contributed by atoms with Crippen LogP contribution in [0.3, 0.4) is 0 Å². The van der Waals surface area contributed by atoms with E-state index in [4.69, 9.17) is 0 Å². The first-order chi connectivity index (χ1) is 4.79. The molecule has 0 spiro atoms. The van der Waals surface area contributed by atoms with Crippen LogP contribution in [0.5, 0.6) is 0 Å². The molecule has 0 saturated heterocycles. The molecule has 0 N–H and O–H groups in total. The number of rotatable bonds is 0. The van der Waals surface area contributed by atoms with Crippen molar-refractivity contribution in [3.63, 3.8) is 0 Å². The summed E-state index contributed by atoms with van der Waals surface area (Å²) in [6.45, 7) is 4.37. The van der Waals surface area contributed by atoms with Gasteiger partial charge in [0.25, 0.3) is 0 Å². The summed E-state index contributed by atoms with van der Waals surface area (Å²) < 4.78 is 0. The van der Waals surface area contributed by atoms with Gasteiger partial charge in [0.05, 0.1) is 0 Å². The van der Waals surface area contributed by atoms with Crippen molar-refractivity contribution in [1.82, 2.24) is 0 Å². The van der Waals surface area contributed by atoms with Crippen LogP contribution in [-0.2, 0) is 0 Å². The van der Waals surface area contributed by atoms with Gasteiger partial charge in [-0.15, -0.1) is 0 Å². The molecule has 1 rings (SSSR count). The Balaban J connectivity index is 2.69. The molecule has 0 fully saturated rings. The molecule has 54 valence electrons. The van der Waals surface area contributed by atoms with Gasteiger partial charge in [-0.3, -0.25) is 0 Å². The summed E-state index contributed by atoms with van der Waals surface area (Å²) in [5.74, 6) is 0. The maximum atomic E-state index is 2.18. The highest BCUT2D eigenvalue weighted by atomic mass is 14.0. The van der Waals surface area contributed by atoms with Gasteiger partial charge < -0.3 is 0 Å². The molecule has 0 heteroatoms. The maximum Gasteiger partial charge on any atom is -0.0283 e. The first-order valence-corrected chi connectivity index (χ1v) is 3.78. The Labute approximate surface area is 62.9 Å². The van der Waals surface area contributed by atoms with Gasteiger partial charge in [0, 0.05) is 0 Å². The lowest BCUT2D eigenvalue weighted by Gasteiger charge is -2.02. The molecule has 0 aliphatic heterocycles. The Bertz CT molecular complexity index is 170. The number of hydrogen-bond acceptors (Lipinski definition) is 0. The van der Waals surface area contributed by atoms with Crippen molar-refractivity contribution >= 4 is 0 Å². The standard InChI is InChI=1S/C10H14/c1-9-5-3-4-6-10(2)8-7-9/h3-6H,7-8H2,1-2H3. The lowest BCUT2D eigenvalue weighted by Crippen LogP contribution is -1.82. The van der Waals surface area contributed by atoms with Crippen LogP contribution in [0.2, 0.25) is 0 Å². The summed E-state index contributed by atoms with van der Waals surface area (Å²) in [4.78, 5) is 0. The van der Waals surface area contributed by atoms with E-state index in [2.05, 4.69) is 38.2 Å². The summed E-state index contributed by atoms with van der Waals surface area (Å²) in [6, 6.07) is 0. The number of allylic oxidation sites excluding steroid dienone is 6. The smallest absolute Gasteiger partial charge is 0.0283 e. The third kappa shape index (κ3) is 2.22. The quantitative estimate of drug-likeness (QED) is 0.477. The van der Waals surface area contributed by atoms with Crippen LogP contribution in [0.25, 0.3) is 0 Å². The zero-order chi connectivity index (χ0) is 7.40. The van der Waals surface area contributed by atoms with Crippen LogP contribution < -0.4 is 0 Å². The Hall–Kier alpha value is -0.780. The lowest BCUT2D eigenvalue weighted by molar-refractivity contribution is 0.922. The van der Waals surface area contributed by atoms with Crippen LogP contribution in [0.15, 0.2) is 35.5 Å². The molecule has 0 atom stereocenters. The topological polar surface area (TPSA) is 0 Å². The minimum absolute atomic E-state index is 1.21. The van der Waals surface area contributed by atoms with Crippen molar-refractivity contribution in [2.24, 2.45) is 0 Å². The van der Waals surface area contributed by atoms with Crippen LogP contribution in [0.1, 0.15) is 26.7 Å². The molecule has 0 radical (unpaired) electrons. The zero-order valence-electron chi connectivity index (χ0n) is 6.72. The molecule has 0 bridgehead atoms. The van der Waals surface area contributed by atoms with E-state index in [1.807, 2.05) is 0 Å². The summed E-state index contributed by atoms with van der Waals surface area (Å²) in [6.07, 6.45) is 11.0. The predicted molar refractivity (Wildman–Crippen MR) is 45.9 cm³/mol. The second kappa shape index (κ2) is 3.40. The van der Waals surface area contributed by atoms with Gasteiger partial charge in [-0.2, -0.15) is 0 Å². The molecular weight excluding hydrogens is 120 g/mol. The zero-order valence-corrected chi connectivity index (χ0v) is 6.72. The molecule has 0 saturated carbocycles. The highest BCUT2D eigenvalue weighted by molar-refractivity contribution is 5.21. The molecule has 10 heavy (non-hydrogen) atoms. The first kappa shape index (κ1) is 7.33. The van der Waals surface area contributed by atoms with Crippen LogP contribution in [0.4, 0.5) is 0 Å². The van der Waals surface area contributed by atoms with E-state index in [0.29, 0.717) is 0 Å². The third-order valence-corrected chi connectivity index (χ3v) is 1.79. The van der Waals surface area contributed by atoms with Gasteiger partial charge in [0.15, 0.2) is 0 Å². The predicted octanol–water partition coefficient (Wildman–Crippen LogP) is 3.23. The van der Waals surface area contributed by atoms with E-state index in [1.165, 1.54) is 24.0 Å². The Morgan fingerprint density at radius 2 is 1.30 bits per heavy atom. The molecule has 1 aliphatic rings. The molecule has 1 aliphatic carbocycles. The molecule has 0 heterocycles. The van der Waals surface area contributed by atoms with Crippen LogP contribution in [0, 0.1) is 0 Å². The van der Waals surface area contributed by atoms with Crippen molar-refractivity contribution < 1.29 is 0 Å². The van der Waals surface area contributed by atoms with Crippen LogP contribution >= 0.6 is 0 Å². The Morgan fingerprint density at radius 1 is 0.900 bits per heavy atom. The van der Waals surface area contributed by atoms with Gasteiger partial charge >= 0.3 is 0 Å². The van der Waals surface area contributed by atoms with Gasteiger partial charge in [-0.05, 0) is 26.7 Å². The number of hydrogen-bond donors (Lipinski definition) is 0. The molecular formula is C10H14. The summed E-state index contributed by atoms with van der Waals surface area (Å²) in [7, 11) is 0. The Kier molecular flexibility index (Phi) is 2.49. The largest absolute Gasteiger partial charge is 0.0730 e. The van der Waals surface area contributed by atoms with E-state index < -0.39 is 0 Å². The normalized spacial score (nSPS) is 19.0. The van der Waals surface area contributed by atoms with E-state index in [1.54, 1.807) is 0 Å². The van der Waals surface area contributed by atoms with E-state index in [0.717, 1.165) is 0 Å². The second-order valence-corrected chi connectivity index (χ2v) is 2.91. The van der Waals surface area contributed by atoms with E-state index in [9.17, 15) is 0 Å². The van der Waals surface area contributed by atoms with Crippen LogP contribution in [-0.4, -0.2) is 0 Å². The maximum absolute atomic E-state index is 2.18. The highest BCUT2D eigenvalue weighted by Crippen LogP contribution is 2.12. The molecule has 0 nitrogen and oxygen atoms in total. The summed E-state index contributed by atoms with van der Waals surface area (Å²) in [5.41, 5.74) is 2.95. The SMILES string of the molecule is CC1=CC=CC=C(C)CC1. The summed E-state index contributed by atoms with van der Waals surface area (Å²) >= 11 is 0. The van der Waals surface area contributed by atoms with Gasteiger partial charge in [-0.25, -0.2) is 0 Å². The average molecular weight is 134 g/mol. The average Bonchev–Trinajstić information content (AvgIpc) is 1.90. The van der Waals surface area contributed by atoms with Crippen molar-refractivity contribution in [3.8, 4) is 0 Å². The lowest BCUT2D eigenvalue weighted by atomic mass is 10.0. The fraction of sp³-hybridized carbons (Fsp3) is 0.400. The Morgan fingerprint density at radius 3 is 1.70 bits per heavy atom. The highest BCUT2D eigenvalue weighted by Gasteiger charge is 1.92. The van der Waals surface area contributed by atoms with Gasteiger partial charge in [0.1, 0.15) is 0 Å². The van der Waals surface area contributed by atoms with Crippen molar-refractivity contribution in [2.75, 3.05) is 0 Å². The van der Waals surface area contributed by atoms with E-state index >= 15 is 0 Å².